The highest BCUT2D eigenvalue weighted by Gasteiger charge is 2.17. The fourth-order valence-corrected chi connectivity index (χ4v) is 8.45. The highest BCUT2D eigenvalue weighted by Crippen LogP contribution is 2.16. The van der Waals surface area contributed by atoms with Gasteiger partial charge in [0.1, 0.15) is 6.61 Å². The summed E-state index contributed by atoms with van der Waals surface area (Å²) in [6.45, 7) is 7.67. The Hall–Kier alpha value is -2.92. The van der Waals surface area contributed by atoms with Crippen molar-refractivity contribution in [3.8, 4) is 0 Å². The summed E-state index contributed by atoms with van der Waals surface area (Å²) in [6, 6.07) is 0. The van der Waals surface area contributed by atoms with E-state index in [0.29, 0.717) is 19.4 Å². The van der Waals surface area contributed by atoms with Crippen LogP contribution in [0.2, 0.25) is 0 Å². The number of hydrogen-bond acceptors (Lipinski definition) is 5. The molecule has 0 aliphatic rings. The zero-order valence-electron chi connectivity index (χ0n) is 46.5. The van der Waals surface area contributed by atoms with Gasteiger partial charge in [0, 0.05) is 19.4 Å². The van der Waals surface area contributed by atoms with Crippen LogP contribution in [-0.4, -0.2) is 37.9 Å². The first-order valence-electron chi connectivity index (χ1n) is 30.1. The van der Waals surface area contributed by atoms with Gasteiger partial charge in [0.2, 0.25) is 0 Å². The molecule has 1 unspecified atom stereocenters. The van der Waals surface area contributed by atoms with Crippen LogP contribution < -0.4 is 0 Å². The minimum Gasteiger partial charge on any atom is -0.462 e. The topological polar surface area (TPSA) is 61.8 Å². The third-order valence-electron chi connectivity index (χ3n) is 12.9. The molecule has 0 saturated carbocycles. The van der Waals surface area contributed by atoms with Crippen LogP contribution in [0.5, 0.6) is 0 Å². The molecule has 0 spiro atoms. The van der Waals surface area contributed by atoms with Gasteiger partial charge in [0.15, 0.2) is 6.10 Å². The van der Waals surface area contributed by atoms with E-state index in [1.807, 2.05) is 0 Å². The van der Waals surface area contributed by atoms with Crippen molar-refractivity contribution in [2.75, 3.05) is 19.8 Å². The predicted octanol–water partition coefficient (Wildman–Crippen LogP) is 20.8. The zero-order valence-corrected chi connectivity index (χ0v) is 46.5. The zero-order chi connectivity index (χ0) is 50.6. The van der Waals surface area contributed by atoms with E-state index >= 15 is 0 Å². The molecule has 0 bridgehead atoms. The number of hydrogen-bond donors (Lipinski definition) is 0. The normalized spacial score (nSPS) is 12.8. The maximum Gasteiger partial charge on any atom is 0.306 e. The average Bonchev–Trinajstić information content (AvgIpc) is 3.36. The first kappa shape index (κ1) is 67.1. The Morgan fingerprint density at radius 1 is 0.329 bits per heavy atom. The van der Waals surface area contributed by atoms with Crippen molar-refractivity contribution in [1.29, 1.82) is 0 Å². The average molecular weight is 976 g/mol. The van der Waals surface area contributed by atoms with Gasteiger partial charge in [-0.2, -0.15) is 0 Å². The Balaban J connectivity index is 4.33. The third-order valence-corrected chi connectivity index (χ3v) is 12.9. The van der Waals surface area contributed by atoms with E-state index < -0.39 is 6.10 Å². The van der Waals surface area contributed by atoms with E-state index in [4.69, 9.17) is 14.2 Å². The van der Waals surface area contributed by atoms with Crippen molar-refractivity contribution in [3.63, 3.8) is 0 Å². The second-order valence-corrected chi connectivity index (χ2v) is 19.9. The molecule has 5 nitrogen and oxygen atoms in total. The van der Waals surface area contributed by atoms with Gasteiger partial charge in [-0.15, -0.1) is 0 Å². The van der Waals surface area contributed by atoms with Crippen molar-refractivity contribution in [2.45, 2.75) is 297 Å². The largest absolute Gasteiger partial charge is 0.462 e. The first-order valence-corrected chi connectivity index (χ1v) is 30.1. The fraction of sp³-hybridized carbons (Fsp3) is 0.754. The standard InChI is InChI=1S/C65H114O5/c1-4-7-10-13-16-19-22-25-28-31-33-35-37-40-43-46-49-52-55-58-64(66)69-62-63(61-68-60-57-54-51-48-45-42-39-30-27-24-21-18-15-12-9-6-3)70-65(67)59-56-53-50-47-44-41-38-36-34-32-29-26-23-20-17-14-11-8-5-2/h7,10,16,18-19,21,25,27-28,30,33,35,40,43,63H,4-6,8-9,11-15,17,20,22-24,26,29,31-32,34,36-39,41-42,44-62H2,1-3H3/b10-7-,19-16-,21-18-,28-25-,30-27-,35-33-,43-40-. The number of ether oxygens (including phenoxy) is 3. The summed E-state index contributed by atoms with van der Waals surface area (Å²) in [5, 5.41) is 0. The summed E-state index contributed by atoms with van der Waals surface area (Å²) in [5.74, 6) is -0.430. The van der Waals surface area contributed by atoms with E-state index in [1.165, 1.54) is 167 Å². The molecule has 0 N–H and O–H groups in total. The van der Waals surface area contributed by atoms with Crippen LogP contribution in [0, 0.1) is 0 Å². The van der Waals surface area contributed by atoms with Crippen LogP contribution in [-0.2, 0) is 23.8 Å². The quantitative estimate of drug-likeness (QED) is 0.0345. The summed E-state index contributed by atoms with van der Waals surface area (Å²) in [6.07, 6.45) is 80.4. The lowest BCUT2D eigenvalue weighted by atomic mass is 10.0. The van der Waals surface area contributed by atoms with Crippen LogP contribution in [0.1, 0.15) is 290 Å². The molecule has 0 fully saturated rings. The highest BCUT2D eigenvalue weighted by molar-refractivity contribution is 5.70. The molecule has 0 aromatic carbocycles. The lowest BCUT2D eigenvalue weighted by Gasteiger charge is -2.18. The van der Waals surface area contributed by atoms with E-state index in [-0.39, 0.29) is 25.2 Å². The summed E-state index contributed by atoms with van der Waals surface area (Å²) < 4.78 is 17.5. The molecule has 0 amide bonds. The van der Waals surface area contributed by atoms with Crippen molar-refractivity contribution < 1.29 is 23.8 Å². The van der Waals surface area contributed by atoms with Crippen LogP contribution >= 0.6 is 0 Å². The lowest BCUT2D eigenvalue weighted by molar-refractivity contribution is -0.163. The molecule has 70 heavy (non-hydrogen) atoms. The molecule has 0 aliphatic carbocycles. The molecule has 0 heterocycles. The predicted molar refractivity (Wildman–Crippen MR) is 307 cm³/mol. The molecule has 1 atom stereocenters. The van der Waals surface area contributed by atoms with Crippen molar-refractivity contribution in [1.82, 2.24) is 0 Å². The van der Waals surface area contributed by atoms with E-state index in [2.05, 4.69) is 106 Å². The molecular formula is C65H114O5. The van der Waals surface area contributed by atoms with E-state index in [9.17, 15) is 9.59 Å². The smallest absolute Gasteiger partial charge is 0.306 e. The number of carbonyl (C=O) groups is 2. The number of rotatable bonds is 55. The number of allylic oxidation sites excluding steroid dienone is 14. The van der Waals surface area contributed by atoms with Crippen molar-refractivity contribution in [2.24, 2.45) is 0 Å². The van der Waals surface area contributed by atoms with E-state index in [1.54, 1.807) is 0 Å². The second-order valence-electron chi connectivity index (χ2n) is 19.9. The van der Waals surface area contributed by atoms with Crippen LogP contribution in [0.25, 0.3) is 0 Å². The highest BCUT2D eigenvalue weighted by atomic mass is 16.6. The Bertz CT molecular complexity index is 1290. The van der Waals surface area contributed by atoms with Crippen LogP contribution in [0.4, 0.5) is 0 Å². The third kappa shape index (κ3) is 57.7. The second kappa shape index (κ2) is 60.4. The van der Waals surface area contributed by atoms with Crippen molar-refractivity contribution >= 4 is 11.9 Å². The minimum atomic E-state index is -0.559. The van der Waals surface area contributed by atoms with Gasteiger partial charge in [-0.05, 0) is 96.3 Å². The van der Waals surface area contributed by atoms with Gasteiger partial charge in [-0.1, -0.05) is 266 Å². The van der Waals surface area contributed by atoms with Gasteiger partial charge < -0.3 is 14.2 Å². The summed E-state index contributed by atoms with van der Waals surface area (Å²) in [4.78, 5) is 25.6. The number of esters is 2. The van der Waals surface area contributed by atoms with Gasteiger partial charge in [-0.25, -0.2) is 0 Å². The molecule has 5 heteroatoms. The Labute approximate surface area is 435 Å². The molecule has 0 aromatic rings. The molecule has 0 saturated heterocycles. The Kier molecular flexibility index (Phi) is 57.9. The molecule has 404 valence electrons. The van der Waals surface area contributed by atoms with Crippen molar-refractivity contribution in [3.05, 3.63) is 85.1 Å². The fourth-order valence-electron chi connectivity index (χ4n) is 8.45. The summed E-state index contributed by atoms with van der Waals surface area (Å²) in [7, 11) is 0. The minimum absolute atomic E-state index is 0.0630. The SMILES string of the molecule is CC/C=C\C/C=C\C/C=C\C/C=C\C/C=C\CCCCCC(=O)OCC(COCCCCCCCC/C=C\C/C=C\CCCCC)OC(=O)CCCCCCCCCCCCCCCCCCCCC. The molecule has 0 aromatic heterocycles. The number of unbranched alkanes of at least 4 members (excludes halogenated alkanes) is 30. The Morgan fingerprint density at radius 3 is 1.07 bits per heavy atom. The lowest BCUT2D eigenvalue weighted by Crippen LogP contribution is -2.30. The van der Waals surface area contributed by atoms with E-state index in [0.717, 1.165) is 89.9 Å². The van der Waals surface area contributed by atoms with Gasteiger partial charge in [-0.3, -0.25) is 9.59 Å². The molecule has 0 aliphatic heterocycles. The number of carbonyl (C=O) groups excluding carboxylic acids is 2. The Morgan fingerprint density at radius 2 is 0.643 bits per heavy atom. The monoisotopic (exact) mass is 975 g/mol. The molecule has 0 rings (SSSR count). The first-order chi connectivity index (χ1) is 34.6. The van der Waals surface area contributed by atoms with Gasteiger partial charge in [0.25, 0.3) is 0 Å². The van der Waals surface area contributed by atoms with Gasteiger partial charge in [0.05, 0.1) is 6.61 Å². The van der Waals surface area contributed by atoms with Gasteiger partial charge >= 0.3 is 11.9 Å². The molecular weight excluding hydrogens is 861 g/mol. The van der Waals surface area contributed by atoms with Crippen LogP contribution in [0.3, 0.4) is 0 Å². The summed E-state index contributed by atoms with van der Waals surface area (Å²) >= 11 is 0. The maximum absolute atomic E-state index is 12.9. The van der Waals surface area contributed by atoms with Crippen LogP contribution in [0.15, 0.2) is 85.1 Å². The maximum atomic E-state index is 12.9. The summed E-state index contributed by atoms with van der Waals surface area (Å²) in [5.41, 5.74) is 0. The molecule has 0 radical (unpaired) electrons.